The first-order valence-corrected chi connectivity index (χ1v) is 4.78. The van der Waals surface area contributed by atoms with Gasteiger partial charge in [-0.2, -0.15) is 5.26 Å². The Balaban J connectivity index is 2.27. The van der Waals surface area contributed by atoms with Crippen molar-refractivity contribution in [3.05, 3.63) is 53.6 Å². The fraction of sp³-hybridized carbons (Fsp3) is 0.0833. The average molecular weight is 211 g/mol. The highest BCUT2D eigenvalue weighted by molar-refractivity contribution is 5.71. The fourth-order valence-electron chi connectivity index (χ4n) is 1.50. The Morgan fingerprint density at radius 3 is 3.12 bits per heavy atom. The number of carbonyl (C=O) groups is 1. The molecule has 78 valence electrons. The van der Waals surface area contributed by atoms with Gasteiger partial charge in [-0.05, 0) is 17.7 Å². The summed E-state index contributed by atoms with van der Waals surface area (Å²) in [4.78, 5) is 14.6. The lowest BCUT2D eigenvalue weighted by Crippen LogP contribution is -2.02. The first-order valence-electron chi connectivity index (χ1n) is 4.78. The van der Waals surface area contributed by atoms with E-state index < -0.39 is 0 Å². The van der Waals surface area contributed by atoms with E-state index in [0.717, 1.165) is 11.8 Å². The van der Waals surface area contributed by atoms with Crippen LogP contribution in [0.5, 0.6) is 0 Å². The van der Waals surface area contributed by atoms with Crippen LogP contribution in [0.15, 0.2) is 36.8 Å². The molecule has 0 radical (unpaired) electrons. The van der Waals surface area contributed by atoms with E-state index in [1.165, 1.54) is 6.20 Å². The number of aldehydes is 1. The van der Waals surface area contributed by atoms with Crippen LogP contribution in [0.4, 0.5) is 0 Å². The zero-order valence-electron chi connectivity index (χ0n) is 8.50. The van der Waals surface area contributed by atoms with E-state index in [2.05, 4.69) is 11.1 Å². The minimum absolute atomic E-state index is 0.530. The molecule has 0 aliphatic carbocycles. The average Bonchev–Trinajstić information content (AvgIpc) is 2.76. The van der Waals surface area contributed by atoms with Crippen LogP contribution in [0, 0.1) is 11.3 Å². The summed E-state index contributed by atoms with van der Waals surface area (Å²) in [7, 11) is 0. The molecule has 4 nitrogen and oxygen atoms in total. The molecule has 0 unspecified atom stereocenters. The molecule has 0 N–H and O–H groups in total. The molecule has 0 atom stereocenters. The van der Waals surface area contributed by atoms with Gasteiger partial charge in [0.25, 0.3) is 0 Å². The molecule has 0 bridgehead atoms. The summed E-state index contributed by atoms with van der Waals surface area (Å²) in [5, 5.41) is 8.76. The summed E-state index contributed by atoms with van der Waals surface area (Å²) in [5.41, 5.74) is 2.12. The first-order chi connectivity index (χ1) is 7.83. The third kappa shape index (κ3) is 1.98. The summed E-state index contributed by atoms with van der Waals surface area (Å²) in [5.74, 6) is 0. The molecule has 0 aliphatic heterocycles. The zero-order valence-corrected chi connectivity index (χ0v) is 8.50. The Bertz CT molecular complexity index is 551. The van der Waals surface area contributed by atoms with Gasteiger partial charge in [-0.15, -0.1) is 0 Å². The van der Waals surface area contributed by atoms with Crippen molar-refractivity contribution < 1.29 is 4.79 Å². The summed E-state index contributed by atoms with van der Waals surface area (Å²) in [6.07, 6.45) is 3.88. The second-order valence-corrected chi connectivity index (χ2v) is 3.38. The van der Waals surface area contributed by atoms with Crippen molar-refractivity contribution in [2.45, 2.75) is 6.54 Å². The van der Waals surface area contributed by atoms with Crippen LogP contribution >= 0.6 is 0 Å². The SMILES string of the molecule is N#Cc1cccc(Cn2cncc2C=O)c1. The van der Waals surface area contributed by atoms with Gasteiger partial charge in [-0.25, -0.2) is 4.98 Å². The summed E-state index contributed by atoms with van der Waals surface area (Å²) in [6, 6.07) is 9.37. The van der Waals surface area contributed by atoms with Crippen LogP contribution in [0.25, 0.3) is 0 Å². The molecule has 2 rings (SSSR count). The van der Waals surface area contributed by atoms with Crippen LogP contribution in [-0.2, 0) is 6.54 Å². The molecule has 0 amide bonds. The van der Waals surface area contributed by atoms with Crippen molar-refractivity contribution >= 4 is 6.29 Å². The lowest BCUT2D eigenvalue weighted by atomic mass is 10.1. The Morgan fingerprint density at radius 2 is 2.38 bits per heavy atom. The maximum atomic E-state index is 10.7. The lowest BCUT2D eigenvalue weighted by Gasteiger charge is -2.04. The molecule has 4 heteroatoms. The maximum absolute atomic E-state index is 10.7. The summed E-state index contributed by atoms with van der Waals surface area (Å²) in [6.45, 7) is 0.545. The largest absolute Gasteiger partial charge is 0.324 e. The van der Waals surface area contributed by atoms with Gasteiger partial charge in [0.05, 0.1) is 24.2 Å². The molecule has 0 spiro atoms. The molecule has 1 heterocycles. The first kappa shape index (κ1) is 10.1. The molecule has 0 saturated heterocycles. The minimum atomic E-state index is 0.530. The van der Waals surface area contributed by atoms with E-state index in [9.17, 15) is 4.79 Å². The number of imidazole rings is 1. The third-order valence-electron chi connectivity index (χ3n) is 2.27. The Hall–Kier alpha value is -2.41. The van der Waals surface area contributed by atoms with Gasteiger partial charge in [0, 0.05) is 6.54 Å². The highest BCUT2D eigenvalue weighted by Gasteiger charge is 2.01. The number of benzene rings is 1. The van der Waals surface area contributed by atoms with E-state index in [0.29, 0.717) is 17.8 Å². The fourth-order valence-corrected chi connectivity index (χ4v) is 1.50. The molecular weight excluding hydrogens is 202 g/mol. The second-order valence-electron chi connectivity index (χ2n) is 3.38. The van der Waals surface area contributed by atoms with Gasteiger partial charge in [0.15, 0.2) is 6.29 Å². The zero-order chi connectivity index (χ0) is 11.4. The molecular formula is C12H9N3O. The van der Waals surface area contributed by atoms with Crippen molar-refractivity contribution in [1.29, 1.82) is 5.26 Å². The van der Waals surface area contributed by atoms with Gasteiger partial charge < -0.3 is 4.57 Å². The van der Waals surface area contributed by atoms with E-state index in [4.69, 9.17) is 5.26 Å². The van der Waals surface area contributed by atoms with Gasteiger partial charge in [0.2, 0.25) is 0 Å². The molecule has 16 heavy (non-hydrogen) atoms. The topological polar surface area (TPSA) is 58.7 Å². The highest BCUT2D eigenvalue weighted by Crippen LogP contribution is 2.07. The molecule has 0 aliphatic rings. The lowest BCUT2D eigenvalue weighted by molar-refractivity contribution is 0.111. The number of aromatic nitrogens is 2. The van der Waals surface area contributed by atoms with Crippen LogP contribution < -0.4 is 0 Å². The Labute approximate surface area is 92.8 Å². The highest BCUT2D eigenvalue weighted by atomic mass is 16.1. The van der Waals surface area contributed by atoms with Crippen LogP contribution in [0.1, 0.15) is 21.6 Å². The molecule has 0 fully saturated rings. The summed E-state index contributed by atoms with van der Waals surface area (Å²) < 4.78 is 1.74. The third-order valence-corrected chi connectivity index (χ3v) is 2.27. The quantitative estimate of drug-likeness (QED) is 0.725. The number of carbonyl (C=O) groups excluding carboxylic acids is 1. The summed E-state index contributed by atoms with van der Waals surface area (Å²) >= 11 is 0. The van der Waals surface area contributed by atoms with Crippen molar-refractivity contribution in [1.82, 2.24) is 9.55 Å². The predicted molar refractivity (Wildman–Crippen MR) is 57.9 cm³/mol. The van der Waals surface area contributed by atoms with Crippen molar-refractivity contribution in [2.75, 3.05) is 0 Å². The van der Waals surface area contributed by atoms with E-state index in [1.807, 2.05) is 12.1 Å². The van der Waals surface area contributed by atoms with Crippen LogP contribution in [0.3, 0.4) is 0 Å². The second kappa shape index (κ2) is 4.41. The molecule has 1 aromatic heterocycles. The molecule has 2 aromatic rings. The van der Waals surface area contributed by atoms with Crippen LogP contribution in [0.2, 0.25) is 0 Å². The number of hydrogen-bond acceptors (Lipinski definition) is 3. The predicted octanol–water partition coefficient (Wildman–Crippen LogP) is 1.62. The van der Waals surface area contributed by atoms with Gasteiger partial charge >= 0.3 is 0 Å². The molecule has 1 aromatic carbocycles. The van der Waals surface area contributed by atoms with Gasteiger partial charge in [0.1, 0.15) is 5.69 Å². The van der Waals surface area contributed by atoms with Gasteiger partial charge in [-0.1, -0.05) is 12.1 Å². The Kier molecular flexibility index (Phi) is 2.79. The number of nitriles is 1. The number of nitrogens with zero attached hydrogens (tertiary/aromatic N) is 3. The van der Waals surface area contributed by atoms with E-state index in [-0.39, 0.29) is 0 Å². The monoisotopic (exact) mass is 211 g/mol. The van der Waals surface area contributed by atoms with Crippen molar-refractivity contribution in [3.63, 3.8) is 0 Å². The van der Waals surface area contributed by atoms with Crippen LogP contribution in [-0.4, -0.2) is 15.8 Å². The van der Waals surface area contributed by atoms with Crippen molar-refractivity contribution in [2.24, 2.45) is 0 Å². The molecule has 0 saturated carbocycles. The maximum Gasteiger partial charge on any atom is 0.168 e. The number of rotatable bonds is 3. The normalized spacial score (nSPS) is 9.69. The van der Waals surface area contributed by atoms with E-state index in [1.54, 1.807) is 23.0 Å². The standard InChI is InChI=1S/C12H9N3O/c13-5-10-2-1-3-11(4-10)7-15-9-14-6-12(15)8-16/h1-4,6,8-9H,7H2. The number of hydrogen-bond donors (Lipinski definition) is 0. The Morgan fingerprint density at radius 1 is 1.50 bits per heavy atom. The minimum Gasteiger partial charge on any atom is -0.324 e. The van der Waals surface area contributed by atoms with E-state index >= 15 is 0 Å². The van der Waals surface area contributed by atoms with Crippen molar-refractivity contribution in [3.8, 4) is 6.07 Å². The smallest absolute Gasteiger partial charge is 0.168 e. The van der Waals surface area contributed by atoms with Gasteiger partial charge in [-0.3, -0.25) is 4.79 Å².